The van der Waals surface area contributed by atoms with Gasteiger partial charge in [-0.2, -0.15) is 0 Å². The first-order chi connectivity index (χ1) is 9.62. The maximum atomic E-state index is 11.6. The number of alkyl carbamates (subject to hydrolysis) is 1. The molecule has 0 radical (unpaired) electrons. The molecule has 1 fully saturated rings. The molecule has 1 atom stereocenters. The quantitative estimate of drug-likeness (QED) is 0.851. The molecule has 0 aromatic heterocycles. The molecule has 1 unspecified atom stereocenters. The molecule has 1 amide bonds. The Balaban J connectivity index is 1.78. The number of carboxylic acid groups (broad SMARTS) is 1. The minimum atomic E-state index is -1.04. The number of carbonyl (C=O) groups is 2. The lowest BCUT2D eigenvalue weighted by molar-refractivity contribution is -0.148. The number of nitrogens with one attached hydrogen (secondary N) is 1. The normalized spacial score (nSPS) is 21.4. The average Bonchev–Trinajstić information content (AvgIpc) is 2.94. The smallest absolute Gasteiger partial charge is 0.407 e. The number of aliphatic carboxylic acids is 1. The second-order valence-corrected chi connectivity index (χ2v) is 4.80. The van der Waals surface area contributed by atoms with Gasteiger partial charge in [0.2, 0.25) is 0 Å². The molecule has 1 aromatic rings. The van der Waals surface area contributed by atoms with Crippen LogP contribution in [-0.4, -0.2) is 36.9 Å². The zero-order valence-electron chi connectivity index (χ0n) is 11.0. The molecule has 0 spiro atoms. The first kappa shape index (κ1) is 14.3. The van der Waals surface area contributed by atoms with Gasteiger partial charge in [-0.05, 0) is 12.0 Å². The molecule has 6 heteroatoms. The van der Waals surface area contributed by atoms with Crippen molar-refractivity contribution in [1.82, 2.24) is 5.32 Å². The van der Waals surface area contributed by atoms with Crippen LogP contribution in [0.3, 0.4) is 0 Å². The van der Waals surface area contributed by atoms with Crippen LogP contribution in [0, 0.1) is 5.41 Å². The fourth-order valence-electron chi connectivity index (χ4n) is 2.01. The average molecular weight is 279 g/mol. The summed E-state index contributed by atoms with van der Waals surface area (Å²) in [5.41, 5.74) is -0.161. The van der Waals surface area contributed by atoms with E-state index in [4.69, 9.17) is 9.47 Å². The van der Waals surface area contributed by atoms with Crippen LogP contribution in [0.1, 0.15) is 12.0 Å². The van der Waals surface area contributed by atoms with E-state index in [2.05, 4.69) is 5.32 Å². The van der Waals surface area contributed by atoms with Crippen molar-refractivity contribution in [3.8, 4) is 0 Å². The van der Waals surface area contributed by atoms with Crippen molar-refractivity contribution in [2.24, 2.45) is 5.41 Å². The van der Waals surface area contributed by atoms with Gasteiger partial charge >= 0.3 is 12.1 Å². The van der Waals surface area contributed by atoms with Crippen LogP contribution >= 0.6 is 0 Å². The fraction of sp³-hybridized carbons (Fsp3) is 0.429. The van der Waals surface area contributed by atoms with E-state index in [0.29, 0.717) is 13.0 Å². The minimum absolute atomic E-state index is 0.00988. The van der Waals surface area contributed by atoms with E-state index in [1.54, 1.807) is 0 Å². The van der Waals surface area contributed by atoms with E-state index in [1.807, 2.05) is 30.3 Å². The number of benzene rings is 1. The summed E-state index contributed by atoms with van der Waals surface area (Å²) < 4.78 is 10.1. The van der Waals surface area contributed by atoms with E-state index < -0.39 is 17.5 Å². The van der Waals surface area contributed by atoms with Crippen molar-refractivity contribution < 1.29 is 24.2 Å². The third kappa shape index (κ3) is 3.48. The number of hydrogen-bond acceptors (Lipinski definition) is 4. The van der Waals surface area contributed by atoms with Crippen LogP contribution in [0.25, 0.3) is 0 Å². The second kappa shape index (κ2) is 6.38. The summed E-state index contributed by atoms with van der Waals surface area (Å²) in [6, 6.07) is 9.27. The van der Waals surface area contributed by atoms with Gasteiger partial charge < -0.3 is 19.9 Å². The van der Waals surface area contributed by atoms with Crippen molar-refractivity contribution >= 4 is 12.1 Å². The number of carboxylic acids is 1. The van der Waals surface area contributed by atoms with Gasteiger partial charge in [0.05, 0.1) is 6.61 Å². The molecule has 6 nitrogen and oxygen atoms in total. The summed E-state index contributed by atoms with van der Waals surface area (Å²) in [7, 11) is 0. The van der Waals surface area contributed by atoms with Gasteiger partial charge in [-0.1, -0.05) is 30.3 Å². The fourth-order valence-corrected chi connectivity index (χ4v) is 2.01. The van der Waals surface area contributed by atoms with E-state index in [1.165, 1.54) is 0 Å². The zero-order valence-corrected chi connectivity index (χ0v) is 11.0. The van der Waals surface area contributed by atoms with Gasteiger partial charge in [0.1, 0.15) is 12.0 Å². The van der Waals surface area contributed by atoms with Gasteiger partial charge in [0.15, 0.2) is 0 Å². The predicted octanol–water partition coefficient (Wildman–Crippen LogP) is 1.40. The molecule has 0 saturated carbocycles. The second-order valence-electron chi connectivity index (χ2n) is 4.80. The number of amides is 1. The molecular formula is C14H17NO5. The lowest BCUT2D eigenvalue weighted by Gasteiger charge is -2.22. The summed E-state index contributed by atoms with van der Waals surface area (Å²) in [6.07, 6.45) is -0.234. The number of rotatable bonds is 5. The Kier molecular flexibility index (Phi) is 4.57. The van der Waals surface area contributed by atoms with Crippen LogP contribution in [0.5, 0.6) is 0 Å². The van der Waals surface area contributed by atoms with Gasteiger partial charge in [0.25, 0.3) is 0 Å². The standard InChI is InChI=1S/C14H17NO5/c16-12(17)14(6-7-19-10-14)9-15-13(18)20-8-11-4-2-1-3-5-11/h1-5H,6-10H2,(H,15,18)(H,16,17). The van der Waals surface area contributed by atoms with Crippen LogP contribution in [0.2, 0.25) is 0 Å². The lowest BCUT2D eigenvalue weighted by atomic mass is 9.87. The summed E-state index contributed by atoms with van der Waals surface area (Å²) in [5, 5.41) is 11.7. The van der Waals surface area contributed by atoms with Crippen molar-refractivity contribution in [2.45, 2.75) is 13.0 Å². The molecule has 1 aliphatic rings. The highest BCUT2D eigenvalue weighted by Crippen LogP contribution is 2.28. The first-order valence-electron chi connectivity index (χ1n) is 6.38. The third-order valence-electron chi connectivity index (χ3n) is 3.34. The number of hydrogen-bond donors (Lipinski definition) is 2. The molecule has 2 N–H and O–H groups in total. The maximum Gasteiger partial charge on any atom is 0.407 e. The van der Waals surface area contributed by atoms with Crippen molar-refractivity contribution in [2.75, 3.05) is 19.8 Å². The van der Waals surface area contributed by atoms with Crippen molar-refractivity contribution in [3.05, 3.63) is 35.9 Å². The summed E-state index contributed by atoms with van der Waals surface area (Å²) >= 11 is 0. The summed E-state index contributed by atoms with van der Waals surface area (Å²) in [6.45, 7) is 0.674. The first-order valence-corrected chi connectivity index (χ1v) is 6.38. The Labute approximate surface area is 116 Å². The van der Waals surface area contributed by atoms with E-state index >= 15 is 0 Å². The highest BCUT2D eigenvalue weighted by atomic mass is 16.5. The van der Waals surface area contributed by atoms with Crippen LogP contribution in [0.4, 0.5) is 4.79 Å². The monoisotopic (exact) mass is 279 g/mol. The Morgan fingerprint density at radius 1 is 1.35 bits per heavy atom. The van der Waals surface area contributed by atoms with Crippen LogP contribution in [0.15, 0.2) is 30.3 Å². The van der Waals surface area contributed by atoms with Gasteiger partial charge in [-0.3, -0.25) is 4.79 Å². The van der Waals surface area contributed by atoms with E-state index in [9.17, 15) is 14.7 Å². The highest BCUT2D eigenvalue weighted by molar-refractivity contribution is 5.77. The van der Waals surface area contributed by atoms with Crippen LogP contribution < -0.4 is 5.32 Å². The molecule has 0 bridgehead atoms. The summed E-state index contributed by atoms with van der Waals surface area (Å²) in [4.78, 5) is 22.8. The van der Waals surface area contributed by atoms with Crippen LogP contribution in [-0.2, 0) is 20.9 Å². The maximum absolute atomic E-state index is 11.6. The Morgan fingerprint density at radius 3 is 2.70 bits per heavy atom. The highest BCUT2D eigenvalue weighted by Gasteiger charge is 2.42. The molecule has 20 heavy (non-hydrogen) atoms. The van der Waals surface area contributed by atoms with Gasteiger partial charge in [-0.25, -0.2) is 4.79 Å². The molecule has 108 valence electrons. The van der Waals surface area contributed by atoms with Crippen molar-refractivity contribution in [1.29, 1.82) is 0 Å². The minimum Gasteiger partial charge on any atom is -0.481 e. The SMILES string of the molecule is O=C(NCC1(C(=O)O)CCOC1)OCc1ccccc1. The van der Waals surface area contributed by atoms with Gasteiger partial charge in [-0.15, -0.1) is 0 Å². The molecule has 0 aliphatic carbocycles. The molecular weight excluding hydrogens is 262 g/mol. The van der Waals surface area contributed by atoms with Crippen molar-refractivity contribution in [3.63, 3.8) is 0 Å². The van der Waals surface area contributed by atoms with E-state index in [0.717, 1.165) is 5.56 Å². The molecule has 2 rings (SSSR count). The third-order valence-corrected chi connectivity index (χ3v) is 3.34. The Bertz CT molecular complexity index is 468. The zero-order chi connectivity index (χ0) is 14.4. The molecule has 1 heterocycles. The summed E-state index contributed by atoms with van der Waals surface area (Å²) in [5.74, 6) is -0.960. The molecule has 1 saturated heterocycles. The van der Waals surface area contributed by atoms with E-state index in [-0.39, 0.29) is 19.8 Å². The largest absolute Gasteiger partial charge is 0.481 e. The topological polar surface area (TPSA) is 84.9 Å². The van der Waals surface area contributed by atoms with Gasteiger partial charge in [0, 0.05) is 13.2 Å². The molecule has 1 aromatic carbocycles. The molecule has 1 aliphatic heterocycles. The number of ether oxygens (including phenoxy) is 2. The number of carbonyl (C=O) groups excluding carboxylic acids is 1. The predicted molar refractivity (Wildman–Crippen MR) is 70.1 cm³/mol. The Morgan fingerprint density at radius 2 is 2.10 bits per heavy atom. The lowest BCUT2D eigenvalue weighted by Crippen LogP contribution is -2.43. The Hall–Kier alpha value is -2.08.